The number of benzene rings is 1. The van der Waals surface area contributed by atoms with Crippen molar-refractivity contribution in [2.24, 2.45) is 22.2 Å². The monoisotopic (exact) mass is 494 g/mol. The number of carbonyl (C=O) groups excluding carboxylic acids is 1. The molecule has 0 saturated heterocycles. The van der Waals surface area contributed by atoms with Gasteiger partial charge in [-0.1, -0.05) is 84.8 Å². The number of amides is 1. The summed E-state index contributed by atoms with van der Waals surface area (Å²) in [6, 6.07) is 7.14. The van der Waals surface area contributed by atoms with E-state index < -0.39 is 11.6 Å². The van der Waals surface area contributed by atoms with Crippen molar-refractivity contribution < 1.29 is 14.7 Å². The van der Waals surface area contributed by atoms with E-state index in [4.69, 9.17) is 4.99 Å². The minimum Gasteiger partial charge on any atom is -0.478 e. The molecule has 5 heteroatoms. The number of aliphatic imine (C=N–C) groups is 1. The number of carbonyl (C=O) groups is 2. The van der Waals surface area contributed by atoms with Crippen LogP contribution in [0, 0.1) is 17.3 Å². The fraction of sp³-hybridized carbons (Fsp3) is 0.710. The maximum Gasteiger partial charge on any atom is 0.335 e. The number of rotatable bonds is 8. The Balaban J connectivity index is 1.68. The normalized spacial score (nSPS) is 26.3. The molecule has 1 aliphatic heterocycles. The van der Waals surface area contributed by atoms with Gasteiger partial charge in [-0.25, -0.2) is 4.79 Å². The first kappa shape index (κ1) is 26.9. The lowest BCUT2D eigenvalue weighted by atomic mass is 9.69. The lowest BCUT2D eigenvalue weighted by molar-refractivity contribution is -0.134. The van der Waals surface area contributed by atoms with Crippen LogP contribution < -0.4 is 0 Å². The Morgan fingerprint density at radius 1 is 1.08 bits per heavy atom. The smallest absolute Gasteiger partial charge is 0.335 e. The predicted octanol–water partition coefficient (Wildman–Crippen LogP) is 7.80. The van der Waals surface area contributed by atoms with Crippen molar-refractivity contribution in [3.05, 3.63) is 35.4 Å². The van der Waals surface area contributed by atoms with Crippen molar-refractivity contribution in [2.75, 3.05) is 0 Å². The van der Waals surface area contributed by atoms with Crippen LogP contribution in [0.2, 0.25) is 0 Å². The summed E-state index contributed by atoms with van der Waals surface area (Å²) in [6.45, 7) is 9.18. The molecule has 1 aromatic rings. The molecule has 3 aliphatic rings. The van der Waals surface area contributed by atoms with Gasteiger partial charge in [0.05, 0.1) is 11.6 Å². The van der Waals surface area contributed by atoms with Crippen molar-refractivity contribution in [3.63, 3.8) is 0 Å². The molecule has 1 spiro atoms. The van der Waals surface area contributed by atoms with Crippen LogP contribution in [0.4, 0.5) is 0 Å². The van der Waals surface area contributed by atoms with E-state index in [9.17, 15) is 14.7 Å². The van der Waals surface area contributed by atoms with E-state index in [1.807, 2.05) is 12.1 Å². The Morgan fingerprint density at radius 3 is 2.28 bits per heavy atom. The first-order chi connectivity index (χ1) is 17.1. The molecule has 4 rings (SSSR count). The molecule has 1 aromatic carbocycles. The molecule has 2 saturated carbocycles. The highest BCUT2D eigenvalue weighted by atomic mass is 16.4. The van der Waals surface area contributed by atoms with Gasteiger partial charge in [0.2, 0.25) is 0 Å². The Kier molecular flexibility index (Phi) is 8.26. The average molecular weight is 495 g/mol. The molecule has 198 valence electrons. The summed E-state index contributed by atoms with van der Waals surface area (Å²) < 4.78 is 0. The van der Waals surface area contributed by atoms with Gasteiger partial charge in [0.15, 0.2) is 0 Å². The SMILES string of the molecule is CCCC[C@H](c1ccc(C(=O)O)cc1)N1C(=O)C(CC2CCCCC2)=NC12CCC(C(C)(C)C)CC2. The third kappa shape index (κ3) is 5.70. The molecular formula is C31H46N2O3. The van der Waals surface area contributed by atoms with Gasteiger partial charge in [-0.3, -0.25) is 9.79 Å². The highest BCUT2D eigenvalue weighted by Crippen LogP contribution is 2.50. The van der Waals surface area contributed by atoms with Crippen LogP contribution in [-0.4, -0.2) is 33.3 Å². The Hall–Kier alpha value is -2.17. The second-order valence-electron chi connectivity index (χ2n) is 12.6. The van der Waals surface area contributed by atoms with Crippen LogP contribution in [-0.2, 0) is 4.79 Å². The molecular weight excluding hydrogens is 448 g/mol. The molecule has 5 nitrogen and oxygen atoms in total. The zero-order chi connectivity index (χ0) is 25.9. The maximum absolute atomic E-state index is 14.2. The van der Waals surface area contributed by atoms with Gasteiger partial charge >= 0.3 is 5.97 Å². The molecule has 0 unspecified atom stereocenters. The van der Waals surface area contributed by atoms with Gasteiger partial charge in [0.25, 0.3) is 5.91 Å². The number of nitrogens with zero attached hydrogens (tertiary/aromatic N) is 2. The van der Waals surface area contributed by atoms with Crippen LogP contribution in [0.1, 0.15) is 133 Å². The van der Waals surface area contributed by atoms with Crippen LogP contribution in [0.15, 0.2) is 29.3 Å². The van der Waals surface area contributed by atoms with Crippen molar-refractivity contribution >= 4 is 17.6 Å². The zero-order valence-corrected chi connectivity index (χ0v) is 22.9. The lowest BCUT2D eigenvalue weighted by Crippen LogP contribution is -2.51. The number of hydrogen-bond donors (Lipinski definition) is 1. The first-order valence-electron chi connectivity index (χ1n) is 14.4. The highest BCUT2D eigenvalue weighted by molar-refractivity contribution is 6.40. The zero-order valence-electron chi connectivity index (χ0n) is 22.9. The largest absolute Gasteiger partial charge is 0.478 e. The Labute approximate surface area is 217 Å². The van der Waals surface area contributed by atoms with Gasteiger partial charge < -0.3 is 10.0 Å². The summed E-state index contributed by atoms with van der Waals surface area (Å²) >= 11 is 0. The second kappa shape index (κ2) is 11.1. The number of carboxylic acids is 1. The summed E-state index contributed by atoms with van der Waals surface area (Å²) in [5.41, 5.74) is 1.94. The Morgan fingerprint density at radius 2 is 1.72 bits per heavy atom. The van der Waals surface area contributed by atoms with Gasteiger partial charge in [0.1, 0.15) is 11.4 Å². The van der Waals surface area contributed by atoms with Crippen LogP contribution in [0.3, 0.4) is 0 Å². The van der Waals surface area contributed by atoms with E-state index in [2.05, 4.69) is 32.6 Å². The van der Waals surface area contributed by atoms with Gasteiger partial charge in [-0.2, -0.15) is 0 Å². The maximum atomic E-state index is 14.2. The summed E-state index contributed by atoms with van der Waals surface area (Å²) in [5.74, 6) is 0.437. The third-order valence-electron chi connectivity index (χ3n) is 9.16. The van der Waals surface area contributed by atoms with Gasteiger partial charge in [-0.15, -0.1) is 0 Å². The van der Waals surface area contributed by atoms with Crippen LogP contribution in [0.5, 0.6) is 0 Å². The van der Waals surface area contributed by atoms with Crippen molar-refractivity contribution in [1.29, 1.82) is 0 Å². The molecule has 2 aliphatic carbocycles. The van der Waals surface area contributed by atoms with Crippen molar-refractivity contribution in [1.82, 2.24) is 4.90 Å². The molecule has 36 heavy (non-hydrogen) atoms. The standard InChI is InChI=1S/C31H46N2O3/c1-5-6-12-27(23-13-15-24(16-14-23)29(35)36)33-28(34)26(21-22-10-8-7-9-11-22)32-31(33)19-17-25(18-20-31)30(2,3)4/h13-16,22,25,27H,5-12,17-21H2,1-4H3,(H,35,36)/t25?,27-,31?/m1/s1. The first-order valence-corrected chi connectivity index (χ1v) is 14.4. The number of aromatic carboxylic acids is 1. The van der Waals surface area contributed by atoms with Gasteiger partial charge in [-0.05, 0) is 73.5 Å². The topological polar surface area (TPSA) is 70.0 Å². The third-order valence-corrected chi connectivity index (χ3v) is 9.16. The molecule has 0 aromatic heterocycles. The second-order valence-corrected chi connectivity index (χ2v) is 12.6. The molecule has 0 radical (unpaired) electrons. The average Bonchev–Trinajstić information content (AvgIpc) is 3.10. The van der Waals surface area contributed by atoms with E-state index >= 15 is 0 Å². The summed E-state index contributed by atoms with van der Waals surface area (Å²) in [4.78, 5) is 33.2. The quantitative estimate of drug-likeness (QED) is 0.401. The van der Waals surface area contributed by atoms with Gasteiger partial charge in [0, 0.05) is 0 Å². The minimum atomic E-state index is -0.918. The summed E-state index contributed by atoms with van der Waals surface area (Å²) in [7, 11) is 0. The molecule has 2 fully saturated rings. The molecule has 1 N–H and O–H groups in total. The van der Waals surface area contributed by atoms with Crippen LogP contribution in [0.25, 0.3) is 0 Å². The van der Waals surface area contributed by atoms with Crippen LogP contribution >= 0.6 is 0 Å². The van der Waals surface area contributed by atoms with E-state index in [1.165, 1.54) is 32.1 Å². The summed E-state index contributed by atoms with van der Waals surface area (Å²) in [6.07, 6.45) is 14.1. The molecule has 0 bridgehead atoms. The van der Waals surface area contributed by atoms with E-state index in [1.54, 1.807) is 12.1 Å². The fourth-order valence-electron chi connectivity index (χ4n) is 6.90. The number of unbranched alkanes of at least 4 members (excludes halogenated alkanes) is 1. The van der Waals surface area contributed by atoms with Crippen molar-refractivity contribution in [3.8, 4) is 0 Å². The highest BCUT2D eigenvalue weighted by Gasteiger charge is 2.52. The van der Waals surface area contributed by atoms with E-state index in [0.29, 0.717) is 11.8 Å². The van der Waals surface area contributed by atoms with Crippen molar-refractivity contribution in [2.45, 2.75) is 123 Å². The molecule has 1 amide bonds. The number of hydrogen-bond acceptors (Lipinski definition) is 3. The minimum absolute atomic E-state index is 0.0703. The lowest BCUT2D eigenvalue weighted by Gasteiger charge is -2.47. The summed E-state index contributed by atoms with van der Waals surface area (Å²) in [5, 5.41) is 9.41. The molecule has 1 atom stereocenters. The fourth-order valence-corrected chi connectivity index (χ4v) is 6.90. The predicted molar refractivity (Wildman–Crippen MR) is 145 cm³/mol. The Bertz CT molecular complexity index is 945. The molecule has 1 heterocycles. The van der Waals surface area contributed by atoms with E-state index in [-0.39, 0.29) is 22.9 Å². The van der Waals surface area contributed by atoms with E-state index in [0.717, 1.165) is 62.6 Å². The number of carboxylic acid groups (broad SMARTS) is 1.